The third-order valence-electron chi connectivity index (χ3n) is 7.55. The lowest BCUT2D eigenvalue weighted by Crippen LogP contribution is -2.11. The van der Waals surface area contributed by atoms with Crippen molar-refractivity contribution in [2.75, 3.05) is 10.2 Å². The first-order valence-corrected chi connectivity index (χ1v) is 15.5. The Balaban J connectivity index is 1.33. The third kappa shape index (κ3) is 6.39. The fourth-order valence-corrected chi connectivity index (χ4v) is 6.28. The molecule has 0 atom stereocenters. The summed E-state index contributed by atoms with van der Waals surface area (Å²) in [6.07, 6.45) is 0. The predicted octanol–water partition coefficient (Wildman–Crippen LogP) is 11.8. The first-order valence-electron chi connectivity index (χ1n) is 14.7. The molecule has 0 aliphatic heterocycles. The number of nitrogens with one attached hydrogen (secondary N) is 1. The topological polar surface area (TPSA) is 15.3 Å². The van der Waals surface area contributed by atoms with Crippen LogP contribution in [0.2, 0.25) is 0 Å². The first kappa shape index (κ1) is 28.9. The maximum absolute atomic E-state index is 4.52. The van der Waals surface area contributed by atoms with Crippen molar-refractivity contribution in [1.29, 1.82) is 0 Å². The molecule has 6 aromatic carbocycles. The van der Waals surface area contributed by atoms with Crippen LogP contribution in [0.5, 0.6) is 0 Å². The molecule has 44 heavy (non-hydrogen) atoms. The van der Waals surface area contributed by atoms with Crippen LogP contribution in [0.3, 0.4) is 0 Å². The van der Waals surface area contributed by atoms with E-state index in [9.17, 15) is 0 Å². The van der Waals surface area contributed by atoms with Crippen LogP contribution in [0.25, 0.3) is 11.3 Å². The van der Waals surface area contributed by atoms with E-state index < -0.39 is 0 Å². The van der Waals surface area contributed by atoms with Gasteiger partial charge in [0.2, 0.25) is 0 Å². The van der Waals surface area contributed by atoms with Gasteiger partial charge in [0.05, 0.1) is 5.69 Å². The van der Waals surface area contributed by atoms with Crippen LogP contribution >= 0.6 is 11.8 Å². The summed E-state index contributed by atoms with van der Waals surface area (Å²) in [5.74, 6) is 0. The smallest absolute Gasteiger partial charge is 0.0601 e. The quantitative estimate of drug-likeness (QED) is 0.172. The van der Waals surface area contributed by atoms with Crippen LogP contribution in [0.1, 0.15) is 22.3 Å². The Hall–Kier alpha value is -5.25. The normalized spacial score (nSPS) is 10.7. The van der Waals surface area contributed by atoms with E-state index in [-0.39, 0.29) is 0 Å². The number of anilines is 4. The van der Waals surface area contributed by atoms with Crippen LogP contribution in [-0.4, -0.2) is 0 Å². The molecule has 0 spiro atoms. The molecule has 0 aromatic heterocycles. The van der Waals surface area contributed by atoms with Gasteiger partial charge in [0, 0.05) is 38.1 Å². The van der Waals surface area contributed by atoms with E-state index in [1.165, 1.54) is 15.4 Å². The van der Waals surface area contributed by atoms with E-state index in [2.05, 4.69) is 146 Å². The maximum atomic E-state index is 4.52. The molecule has 6 rings (SSSR count). The Morgan fingerprint density at radius 3 is 1.80 bits per heavy atom. The molecule has 0 heterocycles. The fraction of sp³-hybridized carbons (Fsp3) is 0.0244. The number of hydrogen-bond donors (Lipinski definition) is 1. The fourth-order valence-electron chi connectivity index (χ4n) is 5.26. The van der Waals surface area contributed by atoms with E-state index in [0.29, 0.717) is 0 Å². The molecule has 6 aromatic rings. The van der Waals surface area contributed by atoms with Crippen LogP contribution in [0.4, 0.5) is 22.7 Å². The minimum atomic E-state index is 0.836. The van der Waals surface area contributed by atoms with Gasteiger partial charge in [0.15, 0.2) is 0 Å². The second kappa shape index (κ2) is 13.4. The Bertz CT molecular complexity index is 1890. The Morgan fingerprint density at radius 2 is 1.09 bits per heavy atom. The standard InChI is InChI=1S/C41H34N2S/c1-30-16-10-14-24-40(30)44-41-25-15-13-23-39(41)43(35-19-8-5-9-20-35)36-28-26-33(27-29-36)31(2)37-21-11-12-22-38(37)32(3)42-34-17-6-4-7-18-34/h4-29,42H,2-3H2,1H3. The zero-order valence-electron chi connectivity index (χ0n) is 24.8. The Morgan fingerprint density at radius 1 is 0.545 bits per heavy atom. The summed E-state index contributed by atoms with van der Waals surface area (Å²) in [5.41, 5.74) is 10.5. The van der Waals surface area contributed by atoms with Crippen molar-refractivity contribution < 1.29 is 0 Å². The number of nitrogens with zero attached hydrogens (tertiary/aromatic N) is 1. The second-order valence-electron chi connectivity index (χ2n) is 10.5. The molecule has 0 fully saturated rings. The van der Waals surface area contributed by atoms with Gasteiger partial charge in [-0.2, -0.15) is 0 Å². The van der Waals surface area contributed by atoms with Crippen molar-refractivity contribution in [3.63, 3.8) is 0 Å². The van der Waals surface area contributed by atoms with E-state index >= 15 is 0 Å². The van der Waals surface area contributed by atoms with Crippen LogP contribution in [0.15, 0.2) is 181 Å². The van der Waals surface area contributed by atoms with Gasteiger partial charge in [-0.25, -0.2) is 0 Å². The third-order valence-corrected chi connectivity index (χ3v) is 8.80. The van der Waals surface area contributed by atoms with Gasteiger partial charge in [-0.15, -0.1) is 0 Å². The van der Waals surface area contributed by atoms with Crippen molar-refractivity contribution in [3.05, 3.63) is 193 Å². The van der Waals surface area contributed by atoms with Crippen LogP contribution in [0, 0.1) is 6.92 Å². The number of rotatable bonds is 10. The van der Waals surface area contributed by atoms with Crippen molar-refractivity contribution >= 4 is 45.8 Å². The molecule has 0 radical (unpaired) electrons. The monoisotopic (exact) mass is 586 g/mol. The minimum absolute atomic E-state index is 0.836. The first-order chi connectivity index (χ1) is 21.6. The molecular formula is C41H34N2S. The van der Waals surface area contributed by atoms with Crippen molar-refractivity contribution in [3.8, 4) is 0 Å². The average molecular weight is 587 g/mol. The lowest BCUT2D eigenvalue weighted by atomic mass is 9.93. The highest BCUT2D eigenvalue weighted by Crippen LogP contribution is 2.43. The minimum Gasteiger partial charge on any atom is -0.356 e. The Kier molecular flexibility index (Phi) is 8.77. The molecule has 0 aliphatic rings. The van der Waals surface area contributed by atoms with Crippen LogP contribution < -0.4 is 10.2 Å². The largest absolute Gasteiger partial charge is 0.356 e. The van der Waals surface area contributed by atoms with E-state index in [1.807, 2.05) is 42.5 Å². The zero-order chi connectivity index (χ0) is 30.3. The summed E-state index contributed by atoms with van der Waals surface area (Å²) in [5, 5.41) is 3.45. The van der Waals surface area contributed by atoms with E-state index in [4.69, 9.17) is 0 Å². The van der Waals surface area contributed by atoms with Gasteiger partial charge in [0.1, 0.15) is 0 Å². The lowest BCUT2D eigenvalue weighted by Gasteiger charge is -2.28. The number of para-hydroxylation sites is 3. The Labute approximate surface area is 265 Å². The van der Waals surface area contributed by atoms with Crippen molar-refractivity contribution in [1.82, 2.24) is 0 Å². The molecule has 0 saturated carbocycles. The molecule has 3 heteroatoms. The summed E-state index contributed by atoms with van der Waals surface area (Å²) in [6, 6.07) is 54.8. The van der Waals surface area contributed by atoms with Gasteiger partial charge in [0.25, 0.3) is 0 Å². The van der Waals surface area contributed by atoms with Gasteiger partial charge in [-0.05, 0) is 83.8 Å². The summed E-state index contributed by atoms with van der Waals surface area (Å²) in [4.78, 5) is 4.77. The van der Waals surface area contributed by atoms with E-state index in [1.54, 1.807) is 11.8 Å². The second-order valence-corrected chi connectivity index (χ2v) is 11.6. The molecule has 0 aliphatic carbocycles. The van der Waals surface area contributed by atoms with Gasteiger partial charge < -0.3 is 10.2 Å². The molecule has 2 nitrogen and oxygen atoms in total. The molecule has 0 bridgehead atoms. The van der Waals surface area contributed by atoms with Gasteiger partial charge >= 0.3 is 0 Å². The van der Waals surface area contributed by atoms with Crippen molar-refractivity contribution in [2.24, 2.45) is 0 Å². The number of hydrogen-bond acceptors (Lipinski definition) is 3. The molecule has 1 N–H and O–H groups in total. The number of aryl methyl sites for hydroxylation is 1. The number of benzene rings is 6. The maximum Gasteiger partial charge on any atom is 0.0601 e. The van der Waals surface area contributed by atoms with E-state index in [0.717, 1.165) is 50.7 Å². The molecule has 0 saturated heterocycles. The molecule has 214 valence electrons. The van der Waals surface area contributed by atoms with Crippen molar-refractivity contribution in [2.45, 2.75) is 16.7 Å². The van der Waals surface area contributed by atoms with Gasteiger partial charge in [-0.1, -0.05) is 128 Å². The highest BCUT2D eigenvalue weighted by Gasteiger charge is 2.18. The average Bonchev–Trinajstić information content (AvgIpc) is 3.07. The zero-order valence-corrected chi connectivity index (χ0v) is 25.6. The predicted molar refractivity (Wildman–Crippen MR) is 190 cm³/mol. The van der Waals surface area contributed by atoms with Crippen LogP contribution in [-0.2, 0) is 0 Å². The summed E-state index contributed by atoms with van der Waals surface area (Å²) >= 11 is 1.80. The van der Waals surface area contributed by atoms with Gasteiger partial charge in [-0.3, -0.25) is 0 Å². The highest BCUT2D eigenvalue weighted by atomic mass is 32.2. The summed E-state index contributed by atoms with van der Waals surface area (Å²) in [6.45, 7) is 11.0. The molecule has 0 unspecified atom stereocenters. The molecule has 0 amide bonds. The molecular weight excluding hydrogens is 553 g/mol. The lowest BCUT2D eigenvalue weighted by molar-refractivity contribution is 1.22. The SMILES string of the molecule is C=C(Nc1ccccc1)c1ccccc1C(=C)c1ccc(N(c2ccccc2)c2ccccc2Sc2ccccc2C)cc1. The summed E-state index contributed by atoms with van der Waals surface area (Å²) in [7, 11) is 0. The summed E-state index contributed by atoms with van der Waals surface area (Å²) < 4.78 is 0. The highest BCUT2D eigenvalue weighted by molar-refractivity contribution is 7.99.